The summed E-state index contributed by atoms with van der Waals surface area (Å²) >= 11 is 0. The van der Waals surface area contributed by atoms with Gasteiger partial charge in [-0.25, -0.2) is 9.37 Å². The lowest BCUT2D eigenvalue weighted by Gasteiger charge is -2.18. The third-order valence-electron chi connectivity index (χ3n) is 6.23. The van der Waals surface area contributed by atoms with Crippen LogP contribution in [-0.2, 0) is 17.8 Å². The Morgan fingerprint density at radius 3 is 2.68 bits per heavy atom. The zero-order chi connectivity index (χ0) is 23.5. The van der Waals surface area contributed by atoms with E-state index in [2.05, 4.69) is 11.1 Å². The number of hydrogen-bond donors (Lipinski definition) is 0. The van der Waals surface area contributed by atoms with Crippen LogP contribution in [0.5, 0.6) is 5.75 Å². The Morgan fingerprint density at radius 2 is 1.82 bits per heavy atom. The molecule has 0 N–H and O–H groups in total. The summed E-state index contributed by atoms with van der Waals surface area (Å²) in [5.74, 6) is 1.05. The number of para-hydroxylation sites is 4. The molecule has 1 aliphatic heterocycles. The van der Waals surface area contributed by atoms with Gasteiger partial charge in [-0.15, -0.1) is 6.58 Å². The predicted molar refractivity (Wildman–Crippen MR) is 132 cm³/mol. The molecule has 0 bridgehead atoms. The van der Waals surface area contributed by atoms with Gasteiger partial charge in [0.15, 0.2) is 0 Å². The summed E-state index contributed by atoms with van der Waals surface area (Å²) < 4.78 is 22.6. The summed E-state index contributed by atoms with van der Waals surface area (Å²) in [5.41, 5.74) is 3.29. The van der Waals surface area contributed by atoms with Crippen molar-refractivity contribution < 1.29 is 13.9 Å². The first-order valence-electron chi connectivity index (χ1n) is 11.5. The summed E-state index contributed by atoms with van der Waals surface area (Å²) in [7, 11) is 0. The first-order valence-corrected chi connectivity index (χ1v) is 11.5. The van der Waals surface area contributed by atoms with E-state index in [-0.39, 0.29) is 11.8 Å². The topological polar surface area (TPSA) is 47.4 Å². The van der Waals surface area contributed by atoms with Crippen molar-refractivity contribution in [1.29, 1.82) is 0 Å². The number of imidazole rings is 1. The minimum Gasteiger partial charge on any atom is -0.491 e. The molecular formula is C28H26FN3O2. The van der Waals surface area contributed by atoms with Crippen LogP contribution in [-0.4, -0.2) is 28.6 Å². The lowest BCUT2D eigenvalue weighted by atomic mass is 10.1. The van der Waals surface area contributed by atoms with Crippen LogP contribution in [0.1, 0.15) is 23.7 Å². The third kappa shape index (κ3) is 4.19. The number of amides is 1. The normalized spacial score (nSPS) is 15.7. The number of rotatable bonds is 8. The van der Waals surface area contributed by atoms with Crippen LogP contribution in [0.25, 0.3) is 11.0 Å². The van der Waals surface area contributed by atoms with Gasteiger partial charge in [-0.1, -0.05) is 48.5 Å². The molecule has 5 nitrogen and oxygen atoms in total. The first-order chi connectivity index (χ1) is 16.7. The maximum absolute atomic E-state index is 14.4. The van der Waals surface area contributed by atoms with Gasteiger partial charge in [0, 0.05) is 18.9 Å². The highest BCUT2D eigenvalue weighted by molar-refractivity contribution is 5.96. The molecule has 6 heteroatoms. The SMILES string of the molecule is C=CCc1ccccc1OCCn1c(C2CC(=O)N(c3ccccc3F)C2)nc2ccccc21. The predicted octanol–water partition coefficient (Wildman–Crippen LogP) is 5.50. The molecule has 1 saturated heterocycles. The molecule has 1 aliphatic rings. The molecule has 172 valence electrons. The van der Waals surface area contributed by atoms with Crippen molar-refractivity contribution in [2.45, 2.75) is 25.3 Å². The molecule has 1 amide bonds. The number of allylic oxidation sites excluding steroid dienone is 1. The largest absolute Gasteiger partial charge is 0.491 e. The van der Waals surface area contributed by atoms with E-state index in [4.69, 9.17) is 9.72 Å². The van der Waals surface area contributed by atoms with Crippen LogP contribution in [0.2, 0.25) is 0 Å². The van der Waals surface area contributed by atoms with Crippen molar-refractivity contribution in [1.82, 2.24) is 9.55 Å². The van der Waals surface area contributed by atoms with E-state index in [1.165, 1.54) is 11.0 Å². The van der Waals surface area contributed by atoms with Crippen LogP contribution >= 0.6 is 0 Å². The highest BCUT2D eigenvalue weighted by atomic mass is 19.1. The Labute approximate surface area is 198 Å². The molecule has 0 aliphatic carbocycles. The lowest BCUT2D eigenvalue weighted by molar-refractivity contribution is -0.117. The fourth-order valence-electron chi connectivity index (χ4n) is 4.64. The average Bonchev–Trinajstić information content (AvgIpc) is 3.41. The van der Waals surface area contributed by atoms with Crippen LogP contribution in [0, 0.1) is 5.82 Å². The Morgan fingerprint density at radius 1 is 1.06 bits per heavy atom. The Balaban J connectivity index is 1.40. The fraction of sp³-hybridized carbons (Fsp3) is 0.214. The molecule has 0 radical (unpaired) electrons. The molecular weight excluding hydrogens is 429 g/mol. The summed E-state index contributed by atoms with van der Waals surface area (Å²) in [6.07, 6.45) is 2.90. The van der Waals surface area contributed by atoms with Crippen molar-refractivity contribution >= 4 is 22.6 Å². The van der Waals surface area contributed by atoms with E-state index in [1.807, 2.05) is 54.6 Å². The second kappa shape index (κ2) is 9.51. The van der Waals surface area contributed by atoms with E-state index >= 15 is 0 Å². The van der Waals surface area contributed by atoms with Gasteiger partial charge >= 0.3 is 0 Å². The van der Waals surface area contributed by atoms with E-state index in [1.54, 1.807) is 18.2 Å². The van der Waals surface area contributed by atoms with Crippen molar-refractivity contribution in [2.24, 2.45) is 0 Å². The molecule has 4 aromatic rings. The zero-order valence-electron chi connectivity index (χ0n) is 18.9. The van der Waals surface area contributed by atoms with Crippen molar-refractivity contribution in [2.75, 3.05) is 18.1 Å². The lowest BCUT2D eigenvalue weighted by Crippen LogP contribution is -2.25. The summed E-state index contributed by atoms with van der Waals surface area (Å²) in [4.78, 5) is 19.2. The van der Waals surface area contributed by atoms with Crippen LogP contribution in [0.4, 0.5) is 10.1 Å². The summed E-state index contributed by atoms with van der Waals surface area (Å²) in [5, 5.41) is 0. The maximum Gasteiger partial charge on any atom is 0.227 e. The molecule has 1 atom stereocenters. The minimum absolute atomic E-state index is 0.0942. The summed E-state index contributed by atoms with van der Waals surface area (Å²) in [6.45, 7) is 5.26. The molecule has 1 aromatic heterocycles. The van der Waals surface area contributed by atoms with Crippen LogP contribution < -0.4 is 9.64 Å². The second-order valence-electron chi connectivity index (χ2n) is 8.42. The minimum atomic E-state index is -0.392. The van der Waals surface area contributed by atoms with Gasteiger partial charge < -0.3 is 14.2 Å². The van der Waals surface area contributed by atoms with Gasteiger partial charge in [0.25, 0.3) is 0 Å². The number of anilines is 1. The van der Waals surface area contributed by atoms with E-state index in [0.29, 0.717) is 31.8 Å². The highest BCUT2D eigenvalue weighted by Gasteiger charge is 2.35. The van der Waals surface area contributed by atoms with E-state index < -0.39 is 5.82 Å². The molecule has 34 heavy (non-hydrogen) atoms. The quantitative estimate of drug-likeness (QED) is 0.330. The number of ether oxygens (including phenoxy) is 1. The third-order valence-corrected chi connectivity index (χ3v) is 6.23. The van der Waals surface area contributed by atoms with Gasteiger partial charge in [0.2, 0.25) is 5.91 Å². The Kier molecular flexibility index (Phi) is 6.12. The van der Waals surface area contributed by atoms with E-state index in [9.17, 15) is 9.18 Å². The highest BCUT2D eigenvalue weighted by Crippen LogP contribution is 2.34. The molecule has 5 rings (SSSR count). The fourth-order valence-corrected chi connectivity index (χ4v) is 4.64. The molecule has 0 saturated carbocycles. The maximum atomic E-state index is 14.4. The van der Waals surface area contributed by atoms with Crippen LogP contribution in [0.3, 0.4) is 0 Å². The number of fused-ring (bicyclic) bond motifs is 1. The molecule has 0 spiro atoms. The number of halogens is 1. The average molecular weight is 456 g/mol. The smallest absolute Gasteiger partial charge is 0.227 e. The molecule has 1 fully saturated rings. The number of hydrogen-bond acceptors (Lipinski definition) is 3. The monoisotopic (exact) mass is 455 g/mol. The number of benzene rings is 3. The van der Waals surface area contributed by atoms with Crippen molar-refractivity contribution in [3.63, 3.8) is 0 Å². The molecule has 3 aromatic carbocycles. The van der Waals surface area contributed by atoms with Gasteiger partial charge in [-0.05, 0) is 42.3 Å². The van der Waals surface area contributed by atoms with Crippen molar-refractivity contribution in [3.05, 3.63) is 103 Å². The number of nitrogens with zero attached hydrogens (tertiary/aromatic N) is 3. The Bertz CT molecular complexity index is 1350. The standard InChI is InChI=1S/C28H26FN3O2/c1-2-9-20-10-3-8-15-26(20)34-17-16-31-25-14-7-5-12-23(25)30-28(31)21-18-27(33)32(19-21)24-13-6-4-11-22(24)29/h2-8,10-15,21H,1,9,16-19H2. The van der Waals surface area contributed by atoms with Gasteiger partial charge in [0.05, 0.1) is 23.3 Å². The molecule has 2 heterocycles. The first kappa shape index (κ1) is 21.9. The Hall–Kier alpha value is -3.93. The second-order valence-corrected chi connectivity index (χ2v) is 8.42. The van der Waals surface area contributed by atoms with Gasteiger partial charge in [-0.3, -0.25) is 4.79 Å². The number of carbonyl (C=O) groups is 1. The van der Waals surface area contributed by atoms with Crippen LogP contribution in [0.15, 0.2) is 85.5 Å². The van der Waals surface area contributed by atoms with Crippen molar-refractivity contribution in [3.8, 4) is 5.75 Å². The summed E-state index contributed by atoms with van der Waals surface area (Å²) in [6, 6.07) is 22.3. The molecule has 1 unspecified atom stereocenters. The van der Waals surface area contributed by atoms with Gasteiger partial charge in [0.1, 0.15) is 24.0 Å². The van der Waals surface area contributed by atoms with Gasteiger partial charge in [-0.2, -0.15) is 0 Å². The zero-order valence-corrected chi connectivity index (χ0v) is 18.9. The van der Waals surface area contributed by atoms with E-state index in [0.717, 1.165) is 34.6 Å². The number of carbonyl (C=O) groups excluding carboxylic acids is 1. The number of aromatic nitrogens is 2.